The van der Waals surface area contributed by atoms with E-state index in [0.29, 0.717) is 6.04 Å². The fourth-order valence-corrected chi connectivity index (χ4v) is 2.58. The second-order valence-corrected chi connectivity index (χ2v) is 5.88. The molecular formula is C12H22N2O. The molecule has 15 heavy (non-hydrogen) atoms. The summed E-state index contributed by atoms with van der Waals surface area (Å²) in [6.45, 7) is 4.31. The molecule has 0 radical (unpaired) electrons. The maximum Gasteiger partial charge on any atom is 0.223 e. The van der Waals surface area contributed by atoms with Crippen molar-refractivity contribution in [3.8, 4) is 0 Å². The smallest absolute Gasteiger partial charge is 0.223 e. The number of carbonyl (C=O) groups excluding carboxylic acids is 1. The average Bonchev–Trinajstić information content (AvgIpc) is 2.75. The second kappa shape index (κ2) is 3.78. The first-order valence-corrected chi connectivity index (χ1v) is 6.05. The van der Waals surface area contributed by atoms with Crippen molar-refractivity contribution in [1.82, 2.24) is 5.32 Å². The summed E-state index contributed by atoms with van der Waals surface area (Å²) in [6.07, 6.45) is 5.37. The topological polar surface area (TPSA) is 55.1 Å². The lowest BCUT2D eigenvalue weighted by molar-refractivity contribution is -0.123. The van der Waals surface area contributed by atoms with Gasteiger partial charge in [-0.1, -0.05) is 13.8 Å². The van der Waals surface area contributed by atoms with Gasteiger partial charge in [-0.2, -0.15) is 0 Å². The van der Waals surface area contributed by atoms with Gasteiger partial charge < -0.3 is 11.1 Å². The maximum absolute atomic E-state index is 11.8. The molecule has 0 heterocycles. The van der Waals surface area contributed by atoms with Gasteiger partial charge in [0.25, 0.3) is 0 Å². The minimum atomic E-state index is 0.237. The van der Waals surface area contributed by atoms with Gasteiger partial charge in [-0.05, 0) is 37.5 Å². The van der Waals surface area contributed by atoms with Gasteiger partial charge in [-0.15, -0.1) is 0 Å². The fourth-order valence-electron chi connectivity index (χ4n) is 2.58. The van der Waals surface area contributed by atoms with Crippen molar-refractivity contribution < 1.29 is 4.79 Å². The molecule has 3 heteroatoms. The van der Waals surface area contributed by atoms with Crippen molar-refractivity contribution in [2.45, 2.75) is 58.0 Å². The van der Waals surface area contributed by atoms with Crippen LogP contribution in [0, 0.1) is 11.3 Å². The van der Waals surface area contributed by atoms with Gasteiger partial charge in [0.15, 0.2) is 0 Å². The number of rotatable bonds is 2. The highest BCUT2D eigenvalue weighted by Crippen LogP contribution is 2.51. The van der Waals surface area contributed by atoms with Gasteiger partial charge in [0.05, 0.1) is 0 Å². The molecule has 3 unspecified atom stereocenters. The summed E-state index contributed by atoms with van der Waals surface area (Å²) in [5, 5.41) is 3.15. The number of hydrogen-bond donors (Lipinski definition) is 2. The fraction of sp³-hybridized carbons (Fsp3) is 0.917. The Morgan fingerprint density at radius 3 is 2.60 bits per heavy atom. The Morgan fingerprint density at radius 2 is 2.07 bits per heavy atom. The zero-order valence-electron chi connectivity index (χ0n) is 9.75. The van der Waals surface area contributed by atoms with Crippen LogP contribution in [0.5, 0.6) is 0 Å². The van der Waals surface area contributed by atoms with Crippen LogP contribution >= 0.6 is 0 Å². The summed E-state index contributed by atoms with van der Waals surface area (Å²) in [5.74, 6) is 0.495. The molecule has 2 aliphatic carbocycles. The van der Waals surface area contributed by atoms with E-state index in [9.17, 15) is 4.79 Å². The largest absolute Gasteiger partial charge is 0.353 e. The summed E-state index contributed by atoms with van der Waals surface area (Å²) in [6, 6.07) is 0.619. The van der Waals surface area contributed by atoms with E-state index in [4.69, 9.17) is 5.73 Å². The van der Waals surface area contributed by atoms with Crippen molar-refractivity contribution >= 4 is 5.91 Å². The van der Waals surface area contributed by atoms with E-state index in [1.807, 2.05) is 0 Å². The zero-order valence-corrected chi connectivity index (χ0v) is 9.75. The predicted octanol–water partition coefficient (Wildman–Crippen LogP) is 1.42. The Labute approximate surface area is 91.8 Å². The molecule has 0 spiro atoms. The van der Waals surface area contributed by atoms with Crippen LogP contribution in [0.25, 0.3) is 0 Å². The number of nitrogens with two attached hydrogens (primary N) is 1. The first kappa shape index (κ1) is 10.9. The van der Waals surface area contributed by atoms with Crippen molar-refractivity contribution in [3.05, 3.63) is 0 Å². The summed E-state index contributed by atoms with van der Waals surface area (Å²) in [7, 11) is 0. The van der Waals surface area contributed by atoms with Crippen LogP contribution in [-0.2, 0) is 4.79 Å². The van der Waals surface area contributed by atoms with Crippen molar-refractivity contribution in [2.75, 3.05) is 0 Å². The highest BCUT2D eigenvalue weighted by atomic mass is 16.2. The number of hydrogen-bond acceptors (Lipinski definition) is 2. The number of carbonyl (C=O) groups is 1. The van der Waals surface area contributed by atoms with Gasteiger partial charge in [0.1, 0.15) is 0 Å². The summed E-state index contributed by atoms with van der Waals surface area (Å²) < 4.78 is 0. The van der Waals surface area contributed by atoms with Crippen LogP contribution in [-0.4, -0.2) is 18.0 Å². The second-order valence-electron chi connectivity index (χ2n) is 5.88. The van der Waals surface area contributed by atoms with E-state index in [-0.39, 0.29) is 23.3 Å². The molecule has 0 aromatic carbocycles. The van der Waals surface area contributed by atoms with E-state index >= 15 is 0 Å². The molecule has 3 atom stereocenters. The molecule has 0 aliphatic heterocycles. The molecule has 2 aliphatic rings. The molecule has 0 aromatic heterocycles. The van der Waals surface area contributed by atoms with Crippen molar-refractivity contribution in [1.29, 1.82) is 0 Å². The first-order valence-electron chi connectivity index (χ1n) is 6.05. The summed E-state index contributed by atoms with van der Waals surface area (Å²) in [4.78, 5) is 11.8. The van der Waals surface area contributed by atoms with E-state index in [0.717, 1.165) is 32.1 Å². The third-order valence-corrected chi connectivity index (χ3v) is 3.89. The number of nitrogens with one attached hydrogen (secondary N) is 1. The molecule has 3 nitrogen and oxygen atoms in total. The highest BCUT2D eigenvalue weighted by Gasteiger charge is 2.50. The quantitative estimate of drug-likeness (QED) is 0.724. The van der Waals surface area contributed by atoms with Crippen molar-refractivity contribution in [2.24, 2.45) is 17.1 Å². The molecule has 2 fully saturated rings. The van der Waals surface area contributed by atoms with Gasteiger partial charge in [0, 0.05) is 18.0 Å². The maximum atomic E-state index is 11.8. The SMILES string of the molecule is CC1(C)CC1C(=O)NC1CCCC(N)C1. The molecule has 0 bridgehead atoms. The van der Waals surface area contributed by atoms with Gasteiger partial charge >= 0.3 is 0 Å². The molecule has 0 aromatic rings. The van der Waals surface area contributed by atoms with Gasteiger partial charge in [-0.25, -0.2) is 0 Å². The molecule has 0 saturated heterocycles. The lowest BCUT2D eigenvalue weighted by atomic mass is 9.91. The van der Waals surface area contributed by atoms with E-state index in [2.05, 4.69) is 19.2 Å². The Kier molecular flexibility index (Phi) is 2.75. The monoisotopic (exact) mass is 210 g/mol. The van der Waals surface area contributed by atoms with Gasteiger partial charge in [0.2, 0.25) is 5.91 Å². The number of amides is 1. The van der Waals surface area contributed by atoms with E-state index < -0.39 is 0 Å². The summed E-state index contributed by atoms with van der Waals surface area (Å²) in [5.41, 5.74) is 6.13. The summed E-state index contributed by atoms with van der Waals surface area (Å²) >= 11 is 0. The molecule has 3 N–H and O–H groups in total. The van der Waals surface area contributed by atoms with Crippen LogP contribution < -0.4 is 11.1 Å². The van der Waals surface area contributed by atoms with Crippen LogP contribution in [0.15, 0.2) is 0 Å². The first-order chi connectivity index (χ1) is 6.99. The standard InChI is InChI=1S/C12H22N2O/c1-12(2)7-10(12)11(15)14-9-5-3-4-8(13)6-9/h8-10H,3-7,13H2,1-2H3,(H,14,15). The molecule has 2 rings (SSSR count). The molecule has 1 amide bonds. The molecule has 86 valence electrons. The van der Waals surface area contributed by atoms with Crippen LogP contribution in [0.1, 0.15) is 46.0 Å². The van der Waals surface area contributed by atoms with Crippen LogP contribution in [0.2, 0.25) is 0 Å². The molecular weight excluding hydrogens is 188 g/mol. The van der Waals surface area contributed by atoms with Crippen LogP contribution in [0.4, 0.5) is 0 Å². The van der Waals surface area contributed by atoms with E-state index in [1.165, 1.54) is 0 Å². The third-order valence-electron chi connectivity index (χ3n) is 3.89. The third kappa shape index (κ3) is 2.51. The lowest BCUT2D eigenvalue weighted by Crippen LogP contribution is -2.43. The minimum Gasteiger partial charge on any atom is -0.353 e. The Bertz CT molecular complexity index is 262. The normalized spacial score (nSPS) is 38.5. The van der Waals surface area contributed by atoms with Crippen LogP contribution in [0.3, 0.4) is 0 Å². The van der Waals surface area contributed by atoms with Crippen molar-refractivity contribution in [3.63, 3.8) is 0 Å². The zero-order chi connectivity index (χ0) is 11.1. The minimum absolute atomic E-state index is 0.237. The Hall–Kier alpha value is -0.570. The molecule has 2 saturated carbocycles. The Morgan fingerprint density at radius 1 is 1.40 bits per heavy atom. The predicted molar refractivity (Wildman–Crippen MR) is 60.3 cm³/mol. The Balaban J connectivity index is 1.79. The lowest BCUT2D eigenvalue weighted by Gasteiger charge is -2.27. The highest BCUT2D eigenvalue weighted by molar-refractivity contribution is 5.82. The average molecular weight is 210 g/mol. The van der Waals surface area contributed by atoms with E-state index in [1.54, 1.807) is 0 Å². The van der Waals surface area contributed by atoms with Gasteiger partial charge in [-0.3, -0.25) is 4.79 Å².